The highest BCUT2D eigenvalue weighted by Crippen LogP contribution is 2.16. The molecule has 0 aliphatic rings. The lowest BCUT2D eigenvalue weighted by molar-refractivity contribution is -0.120. The number of carbonyl (C=O) groups is 3. The number of carbonyl (C=O) groups excluding carboxylic acids is 3. The molecule has 31 heavy (non-hydrogen) atoms. The molecule has 0 atom stereocenters. The number of rotatable bonds is 8. The molecule has 1 aromatic heterocycles. The van der Waals surface area contributed by atoms with Gasteiger partial charge in [0.25, 0.3) is 17.7 Å². The van der Waals surface area contributed by atoms with Crippen LogP contribution in [0.3, 0.4) is 0 Å². The maximum atomic E-state index is 12.5. The second-order valence-corrected chi connectivity index (χ2v) is 8.56. The Morgan fingerprint density at radius 2 is 1.58 bits per heavy atom. The fraction of sp³-hybridized carbons (Fsp3) is 0.350. The van der Waals surface area contributed by atoms with Gasteiger partial charge in [-0.3, -0.25) is 25.2 Å². The number of amides is 3. The van der Waals surface area contributed by atoms with Gasteiger partial charge in [-0.05, 0) is 44.2 Å². The Kier molecular flexibility index (Phi) is 7.95. The van der Waals surface area contributed by atoms with Crippen molar-refractivity contribution in [2.24, 2.45) is 0 Å². The molecule has 11 heteroatoms. The first-order valence-electron chi connectivity index (χ1n) is 9.64. The summed E-state index contributed by atoms with van der Waals surface area (Å²) in [5.41, 5.74) is 4.93. The van der Waals surface area contributed by atoms with E-state index >= 15 is 0 Å². The van der Waals surface area contributed by atoms with Crippen molar-refractivity contribution >= 4 is 27.7 Å². The molecular weight excluding hydrogens is 424 g/mol. The number of benzene rings is 1. The summed E-state index contributed by atoms with van der Waals surface area (Å²) in [6.07, 6.45) is 0. The summed E-state index contributed by atoms with van der Waals surface area (Å²) in [5.74, 6) is -0.755. The third kappa shape index (κ3) is 5.92. The van der Waals surface area contributed by atoms with Crippen molar-refractivity contribution in [1.29, 1.82) is 0 Å². The second kappa shape index (κ2) is 10.2. The molecule has 2 aromatic rings. The van der Waals surface area contributed by atoms with Gasteiger partial charge in [0.1, 0.15) is 11.5 Å². The maximum Gasteiger partial charge on any atom is 0.273 e. The summed E-state index contributed by atoms with van der Waals surface area (Å²) in [7, 11) is -3.62. The molecule has 0 unspecified atom stereocenters. The van der Waals surface area contributed by atoms with Gasteiger partial charge in [0, 0.05) is 18.7 Å². The molecule has 0 saturated carbocycles. The predicted molar refractivity (Wildman–Crippen MR) is 113 cm³/mol. The van der Waals surface area contributed by atoms with Crippen molar-refractivity contribution in [3.63, 3.8) is 0 Å². The zero-order valence-electron chi connectivity index (χ0n) is 17.8. The first-order valence-corrected chi connectivity index (χ1v) is 11.1. The fourth-order valence-corrected chi connectivity index (χ4v) is 4.31. The van der Waals surface area contributed by atoms with Gasteiger partial charge in [0.2, 0.25) is 10.0 Å². The predicted octanol–water partition coefficient (Wildman–Crippen LogP) is 1.12. The van der Waals surface area contributed by atoms with E-state index in [2.05, 4.69) is 16.2 Å². The third-order valence-electron chi connectivity index (χ3n) is 4.47. The van der Waals surface area contributed by atoms with Gasteiger partial charge >= 0.3 is 0 Å². The molecule has 10 nitrogen and oxygen atoms in total. The van der Waals surface area contributed by atoms with Crippen molar-refractivity contribution in [3.8, 4) is 0 Å². The summed E-state index contributed by atoms with van der Waals surface area (Å²) < 4.78 is 31.5. The van der Waals surface area contributed by atoms with Crippen molar-refractivity contribution in [2.75, 3.05) is 19.6 Å². The van der Waals surface area contributed by atoms with E-state index in [1.807, 2.05) is 0 Å². The lowest BCUT2D eigenvalue weighted by Gasteiger charge is -2.18. The Labute approximate surface area is 181 Å². The number of furan rings is 1. The Morgan fingerprint density at radius 1 is 0.968 bits per heavy atom. The quantitative estimate of drug-likeness (QED) is 0.515. The lowest BCUT2D eigenvalue weighted by atomic mass is 10.2. The zero-order valence-corrected chi connectivity index (χ0v) is 18.6. The van der Waals surface area contributed by atoms with Crippen LogP contribution >= 0.6 is 0 Å². The first-order chi connectivity index (χ1) is 14.6. The SMILES string of the molecule is CCN(CC)S(=O)(=O)c1ccc(C(=O)NCC(=O)NNC(=O)c2cc(C)oc2C)cc1. The van der Waals surface area contributed by atoms with Crippen molar-refractivity contribution in [2.45, 2.75) is 32.6 Å². The smallest absolute Gasteiger partial charge is 0.273 e. The number of nitrogens with one attached hydrogen (secondary N) is 3. The van der Waals surface area contributed by atoms with Crippen molar-refractivity contribution in [3.05, 3.63) is 53.0 Å². The largest absolute Gasteiger partial charge is 0.466 e. The van der Waals surface area contributed by atoms with Gasteiger partial charge in [-0.15, -0.1) is 0 Å². The molecule has 3 amide bonds. The van der Waals surface area contributed by atoms with E-state index in [1.165, 1.54) is 28.6 Å². The number of hydrogen-bond acceptors (Lipinski definition) is 6. The molecule has 0 saturated heterocycles. The van der Waals surface area contributed by atoms with E-state index in [4.69, 9.17) is 4.42 Å². The van der Waals surface area contributed by atoms with E-state index in [0.29, 0.717) is 30.2 Å². The molecule has 2 rings (SSSR count). The average Bonchev–Trinajstić information content (AvgIpc) is 3.09. The standard InChI is InChI=1S/C20H26N4O6S/c1-5-24(6-2)31(28,29)16-9-7-15(8-10-16)19(26)21-12-18(25)22-23-20(27)17-11-13(3)30-14(17)4/h7-11H,5-6,12H2,1-4H3,(H,21,26)(H,22,25)(H,23,27). The second-order valence-electron chi connectivity index (χ2n) is 6.63. The van der Waals surface area contributed by atoms with E-state index in [9.17, 15) is 22.8 Å². The molecule has 1 heterocycles. The van der Waals surface area contributed by atoms with Crippen LogP contribution in [0.4, 0.5) is 0 Å². The minimum atomic E-state index is -3.62. The first kappa shape index (κ1) is 24.1. The summed E-state index contributed by atoms with van der Waals surface area (Å²) >= 11 is 0. The normalized spacial score (nSPS) is 11.3. The molecular formula is C20H26N4O6S. The van der Waals surface area contributed by atoms with E-state index in [0.717, 1.165) is 0 Å². The Morgan fingerprint density at radius 3 is 2.10 bits per heavy atom. The minimum Gasteiger partial charge on any atom is -0.466 e. The monoisotopic (exact) mass is 450 g/mol. The number of nitrogens with zero attached hydrogens (tertiary/aromatic N) is 1. The van der Waals surface area contributed by atoms with Gasteiger partial charge in [-0.2, -0.15) is 4.31 Å². The van der Waals surface area contributed by atoms with Crippen LogP contribution in [0.2, 0.25) is 0 Å². The lowest BCUT2D eigenvalue weighted by Crippen LogP contribution is -2.46. The van der Waals surface area contributed by atoms with Crippen LogP contribution in [-0.2, 0) is 14.8 Å². The van der Waals surface area contributed by atoms with Gasteiger partial charge in [0.05, 0.1) is 17.0 Å². The van der Waals surface area contributed by atoms with Crippen molar-refractivity contribution in [1.82, 2.24) is 20.5 Å². The number of hydrazine groups is 1. The Hall–Kier alpha value is -3.18. The summed E-state index contributed by atoms with van der Waals surface area (Å²) in [6.45, 7) is 7.11. The highest BCUT2D eigenvalue weighted by atomic mass is 32.2. The minimum absolute atomic E-state index is 0.0815. The van der Waals surface area contributed by atoms with Crippen LogP contribution in [0, 0.1) is 13.8 Å². The van der Waals surface area contributed by atoms with Crippen LogP contribution < -0.4 is 16.2 Å². The molecule has 0 spiro atoms. The Balaban J connectivity index is 1.88. The summed E-state index contributed by atoms with van der Waals surface area (Å²) in [4.78, 5) is 36.2. The highest BCUT2D eigenvalue weighted by Gasteiger charge is 2.21. The van der Waals surface area contributed by atoms with E-state index in [-0.39, 0.29) is 17.0 Å². The van der Waals surface area contributed by atoms with Crippen LogP contribution in [0.5, 0.6) is 0 Å². The van der Waals surface area contributed by atoms with Gasteiger partial charge < -0.3 is 9.73 Å². The molecule has 0 fully saturated rings. The molecule has 0 aliphatic heterocycles. The van der Waals surface area contributed by atoms with Gasteiger partial charge in [-0.25, -0.2) is 8.42 Å². The summed E-state index contributed by atoms with van der Waals surface area (Å²) in [5, 5.41) is 2.40. The van der Waals surface area contributed by atoms with Gasteiger partial charge in [0.15, 0.2) is 0 Å². The fourth-order valence-electron chi connectivity index (χ4n) is 2.85. The number of hydrogen-bond donors (Lipinski definition) is 3. The molecule has 3 N–H and O–H groups in total. The topological polar surface area (TPSA) is 138 Å². The van der Waals surface area contributed by atoms with Crippen molar-refractivity contribution < 1.29 is 27.2 Å². The van der Waals surface area contributed by atoms with Gasteiger partial charge in [-0.1, -0.05) is 13.8 Å². The maximum absolute atomic E-state index is 12.5. The van der Waals surface area contributed by atoms with E-state index in [1.54, 1.807) is 33.8 Å². The average molecular weight is 451 g/mol. The zero-order chi connectivity index (χ0) is 23.2. The molecule has 168 valence electrons. The number of aryl methyl sites for hydroxylation is 2. The van der Waals surface area contributed by atoms with Crippen LogP contribution in [0.25, 0.3) is 0 Å². The molecule has 0 aliphatic carbocycles. The van der Waals surface area contributed by atoms with Crippen LogP contribution in [0.1, 0.15) is 46.1 Å². The molecule has 1 aromatic carbocycles. The number of sulfonamides is 1. The summed E-state index contributed by atoms with van der Waals surface area (Å²) in [6, 6.07) is 6.98. The third-order valence-corrected chi connectivity index (χ3v) is 6.53. The van der Waals surface area contributed by atoms with Crippen LogP contribution in [-0.4, -0.2) is 50.1 Å². The van der Waals surface area contributed by atoms with E-state index < -0.39 is 27.7 Å². The molecule has 0 bridgehead atoms. The van der Waals surface area contributed by atoms with Crippen LogP contribution in [0.15, 0.2) is 39.6 Å². The molecule has 0 radical (unpaired) electrons. The Bertz CT molecular complexity index is 1060. The highest BCUT2D eigenvalue weighted by molar-refractivity contribution is 7.89.